The molecule has 0 saturated carbocycles. The summed E-state index contributed by atoms with van der Waals surface area (Å²) >= 11 is 0. The van der Waals surface area contributed by atoms with Gasteiger partial charge in [0.25, 0.3) is 0 Å². The highest BCUT2D eigenvalue weighted by molar-refractivity contribution is 6.12. The minimum absolute atomic E-state index is 0.130. The Bertz CT molecular complexity index is 4190. The van der Waals surface area contributed by atoms with Crippen molar-refractivity contribution in [2.45, 2.75) is 24.7 Å². The van der Waals surface area contributed by atoms with Crippen LogP contribution in [0.25, 0.3) is 88.7 Å². The van der Waals surface area contributed by atoms with E-state index in [-0.39, 0.29) is 5.41 Å². The van der Waals surface area contributed by atoms with Crippen molar-refractivity contribution in [3.8, 4) is 66.8 Å². The number of para-hydroxylation sites is 2. The average molecular weight is 918 g/mol. The fourth-order valence-electron chi connectivity index (χ4n) is 13.1. The molecule has 0 radical (unpaired) electrons. The molecule has 1 unspecified atom stereocenters. The second kappa shape index (κ2) is 15.3. The van der Waals surface area contributed by atoms with Crippen LogP contribution in [0.3, 0.4) is 0 Å². The summed E-state index contributed by atoms with van der Waals surface area (Å²) in [4.78, 5) is 2.44. The van der Waals surface area contributed by atoms with E-state index in [2.05, 4.69) is 267 Å². The molecule has 1 aromatic heterocycles. The molecule has 3 aliphatic rings. The van der Waals surface area contributed by atoms with Gasteiger partial charge in [0.05, 0.1) is 5.41 Å². The predicted molar refractivity (Wildman–Crippen MR) is 299 cm³/mol. The highest BCUT2D eigenvalue weighted by Gasteiger charge is 2.52. The van der Waals surface area contributed by atoms with Crippen LogP contribution in [-0.2, 0) is 10.8 Å². The lowest BCUT2D eigenvalue weighted by atomic mass is 9.70. The molecular formula is C70H47NO. The number of fused-ring (bicyclic) bond motifs is 16. The average Bonchev–Trinajstić information content (AvgIpc) is 4.14. The summed E-state index contributed by atoms with van der Waals surface area (Å²) in [6, 6.07) is 92.2. The Kier molecular flexibility index (Phi) is 8.66. The summed E-state index contributed by atoms with van der Waals surface area (Å²) in [6.07, 6.45) is 0. The maximum atomic E-state index is 6.70. The van der Waals surface area contributed by atoms with E-state index in [1.54, 1.807) is 0 Å². The van der Waals surface area contributed by atoms with E-state index in [0.717, 1.165) is 44.6 Å². The molecule has 2 nitrogen and oxygen atoms in total. The highest BCUT2D eigenvalue weighted by atomic mass is 16.3. The number of benzene rings is 11. The molecule has 0 amide bonds. The Balaban J connectivity index is 0.883. The van der Waals surface area contributed by atoms with Crippen molar-refractivity contribution >= 4 is 39.0 Å². The van der Waals surface area contributed by atoms with Gasteiger partial charge in [0.2, 0.25) is 0 Å². The summed E-state index contributed by atoms with van der Waals surface area (Å²) in [6.45, 7) is 4.73. The normalized spacial score (nSPS) is 15.2. The Labute approximate surface area is 419 Å². The van der Waals surface area contributed by atoms with Crippen LogP contribution in [0.2, 0.25) is 0 Å². The molecule has 15 rings (SSSR count). The van der Waals surface area contributed by atoms with E-state index in [1.165, 1.54) is 94.6 Å². The Morgan fingerprint density at radius 3 is 1.67 bits per heavy atom. The van der Waals surface area contributed by atoms with Gasteiger partial charge in [-0.1, -0.05) is 214 Å². The van der Waals surface area contributed by atoms with Crippen molar-refractivity contribution in [3.63, 3.8) is 0 Å². The molecule has 0 saturated heterocycles. The first-order valence-electron chi connectivity index (χ1n) is 25.2. The third-order valence-electron chi connectivity index (χ3n) is 16.3. The van der Waals surface area contributed by atoms with E-state index in [0.29, 0.717) is 0 Å². The molecule has 1 atom stereocenters. The highest BCUT2D eigenvalue weighted by Crippen LogP contribution is 2.64. The van der Waals surface area contributed by atoms with E-state index in [9.17, 15) is 0 Å². The van der Waals surface area contributed by atoms with Crippen molar-refractivity contribution in [3.05, 3.63) is 282 Å². The second-order valence-electron chi connectivity index (χ2n) is 20.3. The molecule has 3 aliphatic carbocycles. The van der Waals surface area contributed by atoms with Crippen LogP contribution in [0.5, 0.6) is 0 Å². The molecule has 0 aliphatic heterocycles. The smallest absolute Gasteiger partial charge is 0.143 e. The molecule has 12 aromatic rings. The minimum atomic E-state index is -0.500. The topological polar surface area (TPSA) is 16.4 Å². The molecular weight excluding hydrogens is 871 g/mol. The minimum Gasteiger partial charge on any atom is -0.455 e. The van der Waals surface area contributed by atoms with Gasteiger partial charge in [0, 0.05) is 38.8 Å². The molecule has 338 valence electrons. The van der Waals surface area contributed by atoms with Crippen LogP contribution >= 0.6 is 0 Å². The fraction of sp³-hybridized carbons (Fsp3) is 0.0571. The molecule has 1 heterocycles. The third-order valence-corrected chi connectivity index (χ3v) is 16.3. The number of furan rings is 1. The van der Waals surface area contributed by atoms with Gasteiger partial charge < -0.3 is 9.32 Å². The second-order valence-corrected chi connectivity index (χ2v) is 20.3. The fourth-order valence-corrected chi connectivity index (χ4v) is 13.1. The largest absolute Gasteiger partial charge is 0.455 e. The first kappa shape index (κ1) is 40.9. The van der Waals surface area contributed by atoms with E-state index < -0.39 is 5.41 Å². The van der Waals surface area contributed by atoms with E-state index in [1.807, 2.05) is 0 Å². The van der Waals surface area contributed by atoms with Crippen molar-refractivity contribution in [2.75, 3.05) is 4.90 Å². The molecule has 0 bridgehead atoms. The Morgan fingerprint density at radius 1 is 0.306 bits per heavy atom. The standard InChI is InChI=1S/C70H47NO/c1-69(2)60-28-10-6-21-51(60)53-39-38-50(43-65(53)69)71(48-36-33-45(34-37-48)44-17-4-3-5-18-44)49-20-14-19-46(41-49)47-35-40-63-59(42-47)52-22-7-11-29-61(52)70(63)62-30-12-8-24-58(62)67-55(25-16-31-64(67)70)57-27-15-26-56-54-23-9-13-32-66(54)72-68(56)57/h3-43H,1-2H3. The van der Waals surface area contributed by atoms with Gasteiger partial charge in [-0.2, -0.15) is 0 Å². The number of anilines is 3. The maximum Gasteiger partial charge on any atom is 0.143 e. The van der Waals surface area contributed by atoms with Crippen LogP contribution < -0.4 is 4.90 Å². The van der Waals surface area contributed by atoms with Crippen LogP contribution in [0.15, 0.2) is 253 Å². The molecule has 72 heavy (non-hydrogen) atoms. The van der Waals surface area contributed by atoms with Gasteiger partial charge in [0.1, 0.15) is 11.2 Å². The number of nitrogens with zero attached hydrogens (tertiary/aromatic N) is 1. The SMILES string of the molecule is CC1(C)c2ccccc2-c2ccc(N(c3ccc(-c4ccccc4)cc3)c3cccc(-c4ccc5c(c4)-c4ccccc4C54c5ccccc5-c5c(-c6cccc7c6oc6ccccc67)cccc54)c3)cc21. The van der Waals surface area contributed by atoms with Gasteiger partial charge in [-0.05, 0) is 143 Å². The summed E-state index contributed by atoms with van der Waals surface area (Å²) < 4.78 is 6.70. The molecule has 0 N–H and O–H groups in total. The summed E-state index contributed by atoms with van der Waals surface area (Å²) in [5, 5.41) is 2.28. The third kappa shape index (κ3) is 5.66. The Morgan fingerprint density at radius 2 is 0.833 bits per heavy atom. The van der Waals surface area contributed by atoms with Gasteiger partial charge in [-0.15, -0.1) is 0 Å². The first-order chi connectivity index (χ1) is 35.5. The lowest BCUT2D eigenvalue weighted by Gasteiger charge is -2.30. The number of hydrogen-bond donors (Lipinski definition) is 0. The van der Waals surface area contributed by atoms with Crippen molar-refractivity contribution in [2.24, 2.45) is 0 Å². The van der Waals surface area contributed by atoms with Gasteiger partial charge in [0.15, 0.2) is 0 Å². The van der Waals surface area contributed by atoms with Crippen molar-refractivity contribution in [1.82, 2.24) is 0 Å². The van der Waals surface area contributed by atoms with Crippen molar-refractivity contribution in [1.29, 1.82) is 0 Å². The summed E-state index contributed by atoms with van der Waals surface area (Å²) in [7, 11) is 0. The predicted octanol–water partition coefficient (Wildman–Crippen LogP) is 18.7. The number of rotatable bonds is 6. The molecule has 1 spiro atoms. The lowest BCUT2D eigenvalue weighted by Crippen LogP contribution is -2.25. The Hall–Kier alpha value is -8.98. The summed E-state index contributed by atoms with van der Waals surface area (Å²) in [5.41, 5.74) is 27.4. The van der Waals surface area contributed by atoms with Gasteiger partial charge in [-0.25, -0.2) is 0 Å². The first-order valence-corrected chi connectivity index (χ1v) is 25.2. The van der Waals surface area contributed by atoms with E-state index >= 15 is 0 Å². The van der Waals surface area contributed by atoms with Crippen LogP contribution in [0.4, 0.5) is 17.1 Å². The van der Waals surface area contributed by atoms with Crippen LogP contribution in [0, 0.1) is 0 Å². The maximum absolute atomic E-state index is 6.70. The molecule has 0 fully saturated rings. The van der Waals surface area contributed by atoms with Gasteiger partial charge >= 0.3 is 0 Å². The molecule has 2 heteroatoms. The van der Waals surface area contributed by atoms with Crippen LogP contribution in [-0.4, -0.2) is 0 Å². The van der Waals surface area contributed by atoms with Crippen molar-refractivity contribution < 1.29 is 4.42 Å². The monoisotopic (exact) mass is 917 g/mol. The number of hydrogen-bond acceptors (Lipinski definition) is 2. The quantitative estimate of drug-likeness (QED) is 0.165. The molecule has 11 aromatic carbocycles. The van der Waals surface area contributed by atoms with Gasteiger partial charge in [-0.3, -0.25) is 0 Å². The summed E-state index contributed by atoms with van der Waals surface area (Å²) in [5.74, 6) is 0. The zero-order chi connectivity index (χ0) is 47.7. The zero-order valence-corrected chi connectivity index (χ0v) is 40.0. The lowest BCUT2D eigenvalue weighted by molar-refractivity contribution is 0.660. The van der Waals surface area contributed by atoms with E-state index in [4.69, 9.17) is 4.42 Å². The zero-order valence-electron chi connectivity index (χ0n) is 40.0. The van der Waals surface area contributed by atoms with Crippen LogP contribution in [0.1, 0.15) is 47.2 Å².